The Morgan fingerprint density at radius 1 is 1.03 bits per heavy atom. The van der Waals surface area contributed by atoms with Gasteiger partial charge in [0.1, 0.15) is 11.6 Å². The van der Waals surface area contributed by atoms with Gasteiger partial charge in [0.15, 0.2) is 0 Å². The van der Waals surface area contributed by atoms with Gasteiger partial charge in [-0.15, -0.1) is 0 Å². The van der Waals surface area contributed by atoms with Crippen molar-refractivity contribution in [1.82, 2.24) is 9.80 Å². The second-order valence-electron chi connectivity index (χ2n) is 11.8. The van der Waals surface area contributed by atoms with E-state index in [1.807, 2.05) is 18.2 Å². The lowest BCUT2D eigenvalue weighted by atomic mass is 9.51. The number of nitrogens with zero attached hydrogens (tertiary/aromatic N) is 2. The number of amides is 2. The SMILES string of the molecule is CC1(C)[C@@H]2Cc3c(O)cccc3[C@]1(C)CCN2C(=O)N1[C@@H]2CC[C@H]1CC(c1ccc(F)cc1)C2. The third kappa shape index (κ3) is 2.98. The van der Waals surface area contributed by atoms with Crippen molar-refractivity contribution in [1.29, 1.82) is 0 Å². The van der Waals surface area contributed by atoms with Crippen LogP contribution in [0.5, 0.6) is 5.75 Å². The predicted molar refractivity (Wildman–Crippen MR) is 130 cm³/mol. The average molecular weight is 463 g/mol. The van der Waals surface area contributed by atoms with Crippen molar-refractivity contribution in [3.05, 3.63) is 65.0 Å². The first kappa shape index (κ1) is 21.9. The van der Waals surface area contributed by atoms with Gasteiger partial charge in [-0.25, -0.2) is 9.18 Å². The van der Waals surface area contributed by atoms with Gasteiger partial charge < -0.3 is 14.9 Å². The summed E-state index contributed by atoms with van der Waals surface area (Å²) in [6.07, 6.45) is 5.63. The summed E-state index contributed by atoms with van der Waals surface area (Å²) in [5.41, 5.74) is 3.30. The number of benzene rings is 2. The number of rotatable bonds is 1. The maximum Gasteiger partial charge on any atom is 0.320 e. The van der Waals surface area contributed by atoms with Gasteiger partial charge in [0.05, 0.1) is 0 Å². The van der Waals surface area contributed by atoms with E-state index in [9.17, 15) is 14.3 Å². The lowest BCUT2D eigenvalue weighted by molar-refractivity contribution is -0.0292. The highest BCUT2D eigenvalue weighted by Gasteiger charge is 2.58. The molecule has 0 radical (unpaired) electrons. The molecule has 1 aliphatic carbocycles. The van der Waals surface area contributed by atoms with E-state index in [-0.39, 0.29) is 40.8 Å². The monoisotopic (exact) mass is 462 g/mol. The Morgan fingerprint density at radius 2 is 1.71 bits per heavy atom. The fourth-order valence-corrected chi connectivity index (χ4v) is 7.80. The van der Waals surface area contributed by atoms with Gasteiger partial charge in [0, 0.05) is 30.1 Å². The molecule has 0 spiro atoms. The first-order valence-electron chi connectivity index (χ1n) is 12.9. The van der Waals surface area contributed by atoms with Crippen molar-refractivity contribution in [2.45, 2.75) is 88.8 Å². The maximum absolute atomic E-state index is 14.1. The Morgan fingerprint density at radius 3 is 2.38 bits per heavy atom. The Balaban J connectivity index is 1.28. The summed E-state index contributed by atoms with van der Waals surface area (Å²) in [6, 6.07) is 13.6. The number of likely N-dealkylation sites (tertiary alicyclic amines) is 1. The van der Waals surface area contributed by atoms with E-state index >= 15 is 0 Å². The molecule has 1 unspecified atom stereocenters. The van der Waals surface area contributed by atoms with Crippen LogP contribution in [0.1, 0.15) is 75.5 Å². The third-order valence-electron chi connectivity index (χ3n) is 10.2. The van der Waals surface area contributed by atoms with Crippen molar-refractivity contribution in [2.75, 3.05) is 6.54 Å². The Hall–Kier alpha value is -2.56. The van der Waals surface area contributed by atoms with E-state index in [1.54, 1.807) is 18.2 Å². The molecule has 2 aromatic carbocycles. The van der Waals surface area contributed by atoms with Gasteiger partial charge >= 0.3 is 6.03 Å². The standard InChI is InChI=1S/C29H35FN2O2/c1-28(2)26-17-23-24(5-4-6-25(23)33)29(28,3)13-14-31(26)27(34)32-21-11-12-22(32)16-19(15-21)18-7-9-20(30)10-8-18/h4-10,19,21-22,26,33H,11-17H2,1-3H3/t19?,21-,22+,26-,29-/m0/s1. The van der Waals surface area contributed by atoms with Gasteiger partial charge in [-0.05, 0) is 84.7 Å². The molecule has 34 heavy (non-hydrogen) atoms. The molecular formula is C29H35FN2O2. The number of aromatic hydroxyl groups is 1. The summed E-state index contributed by atoms with van der Waals surface area (Å²) in [5, 5.41) is 10.7. The van der Waals surface area contributed by atoms with Crippen LogP contribution in [0.2, 0.25) is 0 Å². The van der Waals surface area contributed by atoms with Gasteiger partial charge in [0.25, 0.3) is 0 Å². The topological polar surface area (TPSA) is 43.8 Å². The number of carbonyl (C=O) groups is 1. The minimum Gasteiger partial charge on any atom is -0.508 e. The van der Waals surface area contributed by atoms with Crippen molar-refractivity contribution < 1.29 is 14.3 Å². The van der Waals surface area contributed by atoms with Crippen LogP contribution in [0, 0.1) is 11.2 Å². The minimum absolute atomic E-state index is 0.0637. The van der Waals surface area contributed by atoms with Crippen LogP contribution >= 0.6 is 0 Å². The van der Waals surface area contributed by atoms with Crippen molar-refractivity contribution in [3.63, 3.8) is 0 Å². The molecule has 3 saturated heterocycles. The van der Waals surface area contributed by atoms with Crippen LogP contribution in [-0.4, -0.2) is 45.6 Å². The fourth-order valence-electron chi connectivity index (χ4n) is 7.80. The number of phenolic OH excluding ortho intramolecular Hbond substituents is 1. The number of phenols is 1. The molecular weight excluding hydrogens is 427 g/mol. The summed E-state index contributed by atoms with van der Waals surface area (Å²) < 4.78 is 13.4. The molecule has 3 aliphatic heterocycles. The first-order chi connectivity index (χ1) is 16.2. The molecule has 4 bridgehead atoms. The molecule has 4 nitrogen and oxygen atoms in total. The number of hydrogen-bond acceptors (Lipinski definition) is 2. The molecule has 1 N–H and O–H groups in total. The number of halogens is 1. The second kappa shape index (κ2) is 7.47. The molecule has 180 valence electrons. The van der Waals surface area contributed by atoms with Crippen LogP contribution in [0.4, 0.5) is 9.18 Å². The number of carbonyl (C=O) groups excluding carboxylic acids is 1. The predicted octanol–water partition coefficient (Wildman–Crippen LogP) is 5.98. The first-order valence-corrected chi connectivity index (χ1v) is 12.9. The van der Waals surface area contributed by atoms with Crippen LogP contribution in [-0.2, 0) is 11.8 Å². The lowest BCUT2D eigenvalue weighted by Crippen LogP contribution is -2.67. The van der Waals surface area contributed by atoms with Crippen LogP contribution in [0.3, 0.4) is 0 Å². The zero-order valence-corrected chi connectivity index (χ0v) is 20.4. The maximum atomic E-state index is 14.1. The molecule has 2 aromatic rings. The molecule has 0 saturated carbocycles. The van der Waals surface area contributed by atoms with Crippen LogP contribution in [0.25, 0.3) is 0 Å². The zero-order chi connectivity index (χ0) is 23.8. The molecule has 4 aliphatic rings. The lowest BCUT2D eigenvalue weighted by Gasteiger charge is -2.61. The largest absolute Gasteiger partial charge is 0.508 e. The number of hydrogen-bond donors (Lipinski definition) is 1. The van der Waals surface area contributed by atoms with E-state index in [1.165, 1.54) is 11.1 Å². The number of fused-ring (bicyclic) bond motifs is 6. The highest BCUT2D eigenvalue weighted by Crippen LogP contribution is 2.57. The van der Waals surface area contributed by atoms with E-state index in [0.717, 1.165) is 44.2 Å². The van der Waals surface area contributed by atoms with Crippen LogP contribution in [0.15, 0.2) is 42.5 Å². The third-order valence-corrected chi connectivity index (χ3v) is 10.2. The smallest absolute Gasteiger partial charge is 0.320 e. The summed E-state index contributed by atoms with van der Waals surface area (Å²) in [4.78, 5) is 18.5. The summed E-state index contributed by atoms with van der Waals surface area (Å²) in [6.45, 7) is 7.69. The zero-order valence-electron chi connectivity index (χ0n) is 20.4. The molecule has 5 heteroatoms. The van der Waals surface area contributed by atoms with Crippen LogP contribution < -0.4 is 0 Å². The summed E-state index contributed by atoms with van der Waals surface area (Å²) in [5.74, 6) is 0.555. The molecule has 5 atom stereocenters. The fraction of sp³-hybridized carbons (Fsp3) is 0.552. The van der Waals surface area contributed by atoms with Crippen molar-refractivity contribution in [3.8, 4) is 5.75 Å². The molecule has 2 amide bonds. The van der Waals surface area contributed by atoms with E-state index in [0.29, 0.717) is 18.1 Å². The van der Waals surface area contributed by atoms with E-state index in [4.69, 9.17) is 0 Å². The molecule has 6 rings (SSSR count). The van der Waals surface area contributed by atoms with Crippen molar-refractivity contribution >= 4 is 6.03 Å². The van der Waals surface area contributed by atoms with Gasteiger partial charge in [-0.2, -0.15) is 0 Å². The molecule has 0 aromatic heterocycles. The minimum atomic E-state index is -0.195. The van der Waals surface area contributed by atoms with Crippen molar-refractivity contribution in [2.24, 2.45) is 5.41 Å². The summed E-state index contributed by atoms with van der Waals surface area (Å²) >= 11 is 0. The second-order valence-corrected chi connectivity index (χ2v) is 11.8. The Bertz CT molecular complexity index is 1120. The van der Waals surface area contributed by atoms with Gasteiger partial charge in [-0.3, -0.25) is 0 Å². The Labute approximate surface area is 201 Å². The quantitative estimate of drug-likeness (QED) is 0.567. The van der Waals surface area contributed by atoms with Gasteiger partial charge in [0.2, 0.25) is 0 Å². The normalized spacial score (nSPS) is 33.5. The molecule has 3 fully saturated rings. The average Bonchev–Trinajstić information content (AvgIpc) is 3.06. The molecule has 3 heterocycles. The van der Waals surface area contributed by atoms with E-state index < -0.39 is 0 Å². The highest BCUT2D eigenvalue weighted by molar-refractivity contribution is 5.77. The number of urea groups is 1. The van der Waals surface area contributed by atoms with E-state index in [2.05, 4.69) is 36.6 Å². The van der Waals surface area contributed by atoms with Gasteiger partial charge in [-0.1, -0.05) is 45.0 Å². The summed E-state index contributed by atoms with van der Waals surface area (Å²) in [7, 11) is 0. The highest BCUT2D eigenvalue weighted by atomic mass is 19.1. The Kier molecular flexibility index (Phi) is 4.82. The number of piperidine rings is 2.